The molecule has 5 nitrogen and oxygen atoms in total. The number of nitrogens with one attached hydrogen (secondary N) is 2. The van der Waals surface area contributed by atoms with Crippen LogP contribution in [0.3, 0.4) is 0 Å². The van der Waals surface area contributed by atoms with E-state index >= 15 is 0 Å². The van der Waals surface area contributed by atoms with Gasteiger partial charge in [0.05, 0.1) is 12.2 Å². The predicted octanol–water partition coefficient (Wildman–Crippen LogP) is 2.02. The molecule has 21 heavy (non-hydrogen) atoms. The van der Waals surface area contributed by atoms with Crippen LogP contribution < -0.4 is 10.6 Å². The van der Waals surface area contributed by atoms with Crippen molar-refractivity contribution in [1.82, 2.24) is 10.2 Å². The zero-order chi connectivity index (χ0) is 15.8. The summed E-state index contributed by atoms with van der Waals surface area (Å²) in [7, 11) is 4.01. The fourth-order valence-corrected chi connectivity index (χ4v) is 1.87. The maximum atomic E-state index is 11.7. The lowest BCUT2D eigenvalue weighted by Crippen LogP contribution is -2.34. The van der Waals surface area contributed by atoms with Crippen LogP contribution in [0.25, 0.3) is 0 Å². The minimum atomic E-state index is -0.327. The van der Waals surface area contributed by atoms with Crippen molar-refractivity contribution in [2.45, 2.75) is 13.8 Å². The van der Waals surface area contributed by atoms with Crippen LogP contribution in [0.15, 0.2) is 18.2 Å². The molecule has 0 aliphatic heterocycles. The maximum absolute atomic E-state index is 11.7. The molecule has 1 aromatic rings. The molecule has 0 saturated heterocycles. The van der Waals surface area contributed by atoms with E-state index < -0.39 is 0 Å². The molecule has 0 spiro atoms. The van der Waals surface area contributed by atoms with Gasteiger partial charge < -0.3 is 20.3 Å². The van der Waals surface area contributed by atoms with Gasteiger partial charge in [-0.15, -0.1) is 0 Å². The molecule has 1 rings (SSSR count). The van der Waals surface area contributed by atoms with Crippen molar-refractivity contribution in [3.63, 3.8) is 0 Å². The SMILES string of the molecule is CCOC(=O)c1ccc(C)c(NC(=S)NCCN(C)C)c1. The Morgan fingerprint density at radius 2 is 2.10 bits per heavy atom. The molecule has 0 atom stereocenters. The number of aryl methyl sites for hydroxylation is 1. The van der Waals surface area contributed by atoms with Crippen molar-refractivity contribution in [3.8, 4) is 0 Å². The summed E-state index contributed by atoms with van der Waals surface area (Å²) in [5.74, 6) is -0.327. The second-order valence-corrected chi connectivity index (χ2v) is 5.34. The van der Waals surface area contributed by atoms with Crippen LogP contribution in [-0.2, 0) is 4.74 Å². The number of carbonyl (C=O) groups excluding carboxylic acids is 1. The molecule has 0 radical (unpaired) electrons. The van der Waals surface area contributed by atoms with E-state index in [0.717, 1.165) is 24.3 Å². The van der Waals surface area contributed by atoms with Crippen LogP contribution in [0.2, 0.25) is 0 Å². The Kier molecular flexibility index (Phi) is 7.11. The predicted molar refractivity (Wildman–Crippen MR) is 89.9 cm³/mol. The van der Waals surface area contributed by atoms with Gasteiger partial charge in [-0.05, 0) is 57.9 Å². The monoisotopic (exact) mass is 309 g/mol. The lowest BCUT2D eigenvalue weighted by atomic mass is 10.1. The number of thiocarbonyl (C=S) groups is 1. The molecule has 0 saturated carbocycles. The van der Waals surface area contributed by atoms with Crippen LogP contribution in [0.4, 0.5) is 5.69 Å². The number of likely N-dealkylation sites (N-methyl/N-ethyl adjacent to an activating group) is 1. The van der Waals surface area contributed by atoms with E-state index in [2.05, 4.69) is 15.5 Å². The molecule has 2 N–H and O–H groups in total. The van der Waals surface area contributed by atoms with Gasteiger partial charge in [0, 0.05) is 18.8 Å². The molecule has 0 heterocycles. The van der Waals surface area contributed by atoms with Gasteiger partial charge in [-0.2, -0.15) is 0 Å². The first-order valence-electron chi connectivity index (χ1n) is 6.91. The van der Waals surface area contributed by atoms with Gasteiger partial charge in [0.25, 0.3) is 0 Å². The van der Waals surface area contributed by atoms with E-state index in [-0.39, 0.29) is 5.97 Å². The number of ether oxygens (including phenoxy) is 1. The standard InChI is InChI=1S/C15H23N3O2S/c1-5-20-14(19)12-7-6-11(2)13(10-12)17-15(21)16-8-9-18(3)4/h6-7,10H,5,8-9H2,1-4H3,(H2,16,17,21). The highest BCUT2D eigenvalue weighted by Gasteiger charge is 2.09. The minimum absolute atomic E-state index is 0.327. The van der Waals surface area contributed by atoms with E-state index in [0.29, 0.717) is 17.3 Å². The van der Waals surface area contributed by atoms with Gasteiger partial charge in [-0.25, -0.2) is 4.79 Å². The van der Waals surface area contributed by atoms with Gasteiger partial charge in [0.15, 0.2) is 5.11 Å². The summed E-state index contributed by atoms with van der Waals surface area (Å²) in [5.41, 5.74) is 2.34. The number of nitrogens with zero attached hydrogens (tertiary/aromatic N) is 1. The van der Waals surface area contributed by atoms with Gasteiger partial charge in [-0.1, -0.05) is 6.07 Å². The number of hydrogen-bond donors (Lipinski definition) is 2. The smallest absolute Gasteiger partial charge is 0.338 e. The Balaban J connectivity index is 2.67. The largest absolute Gasteiger partial charge is 0.462 e. The van der Waals surface area contributed by atoms with Gasteiger partial charge in [0.2, 0.25) is 0 Å². The fraction of sp³-hybridized carbons (Fsp3) is 0.467. The van der Waals surface area contributed by atoms with Crippen molar-refractivity contribution < 1.29 is 9.53 Å². The Morgan fingerprint density at radius 3 is 2.71 bits per heavy atom. The second kappa shape index (κ2) is 8.59. The Labute approximate surface area is 131 Å². The molecule has 0 amide bonds. The fourth-order valence-electron chi connectivity index (χ4n) is 1.66. The lowest BCUT2D eigenvalue weighted by molar-refractivity contribution is 0.0526. The first-order valence-corrected chi connectivity index (χ1v) is 7.32. The molecule has 0 aromatic heterocycles. The summed E-state index contributed by atoms with van der Waals surface area (Å²) in [6.45, 7) is 5.76. The normalized spacial score (nSPS) is 10.3. The molecule has 0 unspecified atom stereocenters. The highest BCUT2D eigenvalue weighted by atomic mass is 32.1. The summed E-state index contributed by atoms with van der Waals surface area (Å²) < 4.78 is 5.00. The van der Waals surface area contributed by atoms with Crippen LogP contribution in [0.5, 0.6) is 0 Å². The number of hydrogen-bond acceptors (Lipinski definition) is 4. The zero-order valence-electron chi connectivity index (χ0n) is 13.0. The van der Waals surface area contributed by atoms with Crippen molar-refractivity contribution >= 4 is 29.0 Å². The van der Waals surface area contributed by atoms with Crippen LogP contribution >= 0.6 is 12.2 Å². The van der Waals surface area contributed by atoms with Gasteiger partial charge in [0.1, 0.15) is 0 Å². The van der Waals surface area contributed by atoms with Crippen molar-refractivity contribution in [2.24, 2.45) is 0 Å². The molecule has 0 aliphatic carbocycles. The third kappa shape index (κ3) is 6.10. The third-order valence-electron chi connectivity index (χ3n) is 2.84. The van der Waals surface area contributed by atoms with Crippen molar-refractivity contribution in [3.05, 3.63) is 29.3 Å². The lowest BCUT2D eigenvalue weighted by Gasteiger charge is -2.15. The molecule has 1 aromatic carbocycles. The average molecular weight is 309 g/mol. The molecule has 6 heteroatoms. The number of carbonyl (C=O) groups is 1. The number of benzene rings is 1. The molecule has 0 fully saturated rings. The summed E-state index contributed by atoms with van der Waals surface area (Å²) in [5, 5.41) is 6.78. The maximum Gasteiger partial charge on any atom is 0.338 e. The van der Waals surface area contributed by atoms with Gasteiger partial charge >= 0.3 is 5.97 Å². The van der Waals surface area contributed by atoms with Crippen LogP contribution in [0.1, 0.15) is 22.8 Å². The first-order chi connectivity index (χ1) is 9.93. The Bertz CT molecular complexity index is 504. The average Bonchev–Trinajstić information content (AvgIpc) is 2.41. The number of rotatable bonds is 6. The Morgan fingerprint density at radius 1 is 1.38 bits per heavy atom. The van der Waals surface area contributed by atoms with E-state index in [4.69, 9.17) is 17.0 Å². The summed E-state index contributed by atoms with van der Waals surface area (Å²) in [6, 6.07) is 5.38. The summed E-state index contributed by atoms with van der Waals surface area (Å²) in [6.07, 6.45) is 0. The van der Waals surface area contributed by atoms with Crippen LogP contribution in [-0.4, -0.2) is 49.8 Å². The molecular formula is C15H23N3O2S. The topological polar surface area (TPSA) is 53.6 Å². The second-order valence-electron chi connectivity index (χ2n) is 4.93. The van der Waals surface area contributed by atoms with E-state index in [1.54, 1.807) is 19.1 Å². The van der Waals surface area contributed by atoms with E-state index in [9.17, 15) is 4.79 Å². The van der Waals surface area contributed by atoms with Crippen LogP contribution in [0, 0.1) is 6.92 Å². The number of anilines is 1. The number of esters is 1. The van der Waals surface area contributed by atoms with E-state index in [1.165, 1.54) is 0 Å². The highest BCUT2D eigenvalue weighted by molar-refractivity contribution is 7.80. The van der Waals surface area contributed by atoms with Gasteiger partial charge in [-0.3, -0.25) is 0 Å². The zero-order valence-corrected chi connectivity index (χ0v) is 13.8. The summed E-state index contributed by atoms with van der Waals surface area (Å²) in [4.78, 5) is 13.8. The molecule has 0 aliphatic rings. The Hall–Kier alpha value is -1.66. The van der Waals surface area contributed by atoms with E-state index in [1.807, 2.05) is 27.1 Å². The molecule has 0 bridgehead atoms. The first kappa shape index (κ1) is 17.4. The highest BCUT2D eigenvalue weighted by Crippen LogP contribution is 2.17. The quantitative estimate of drug-likeness (QED) is 0.619. The molecule has 116 valence electrons. The van der Waals surface area contributed by atoms with Crippen molar-refractivity contribution in [2.75, 3.05) is 39.1 Å². The third-order valence-corrected chi connectivity index (χ3v) is 3.09. The molecular weight excluding hydrogens is 286 g/mol. The van der Waals surface area contributed by atoms with Crippen molar-refractivity contribution in [1.29, 1.82) is 0 Å². The minimum Gasteiger partial charge on any atom is -0.462 e. The summed E-state index contributed by atoms with van der Waals surface area (Å²) >= 11 is 5.25.